The van der Waals surface area contributed by atoms with Gasteiger partial charge in [0.2, 0.25) is 5.91 Å². The average Bonchev–Trinajstić information content (AvgIpc) is 2.28. The second kappa shape index (κ2) is 7.29. The minimum absolute atomic E-state index is 0.423. The molecule has 0 bridgehead atoms. The fraction of sp³-hybridized carbons (Fsp3) is 0.417. The van der Waals surface area contributed by atoms with Gasteiger partial charge in [0, 0.05) is 23.2 Å². The predicted octanol–water partition coefficient (Wildman–Crippen LogP) is 1.96. The molecule has 94 valence electrons. The summed E-state index contributed by atoms with van der Waals surface area (Å²) in [5.74, 6) is -0.423. The van der Waals surface area contributed by atoms with Gasteiger partial charge >= 0.3 is 0 Å². The zero-order valence-corrected chi connectivity index (χ0v) is 11.5. The van der Waals surface area contributed by atoms with Crippen LogP contribution in [0.1, 0.15) is 23.7 Å². The smallest absolute Gasteiger partial charge is 0.249 e. The van der Waals surface area contributed by atoms with Crippen molar-refractivity contribution < 1.29 is 4.79 Å². The van der Waals surface area contributed by atoms with Gasteiger partial charge in [-0.25, -0.2) is 0 Å². The lowest BCUT2D eigenvalue weighted by Gasteiger charge is -2.08. The Morgan fingerprint density at radius 1 is 1.35 bits per heavy atom. The summed E-state index contributed by atoms with van der Waals surface area (Å²) >= 11 is 3.33. The Kier molecular flexibility index (Phi) is 6.00. The molecule has 0 radical (unpaired) electrons. The average molecular weight is 300 g/mol. The number of anilines is 1. The van der Waals surface area contributed by atoms with Crippen molar-refractivity contribution >= 4 is 27.5 Å². The van der Waals surface area contributed by atoms with Crippen molar-refractivity contribution in [2.24, 2.45) is 5.73 Å². The van der Waals surface area contributed by atoms with E-state index in [-0.39, 0.29) is 0 Å². The molecule has 5 heteroatoms. The lowest BCUT2D eigenvalue weighted by Crippen LogP contribution is -2.22. The first-order valence-electron chi connectivity index (χ1n) is 5.69. The summed E-state index contributed by atoms with van der Waals surface area (Å²) in [5, 5.41) is 6.57. The third-order valence-corrected chi connectivity index (χ3v) is 2.95. The molecule has 0 fully saturated rings. The van der Waals surface area contributed by atoms with Crippen molar-refractivity contribution in [1.82, 2.24) is 5.32 Å². The number of primary amides is 1. The van der Waals surface area contributed by atoms with E-state index in [1.54, 1.807) is 6.07 Å². The van der Waals surface area contributed by atoms with Crippen LogP contribution in [0.5, 0.6) is 0 Å². The van der Waals surface area contributed by atoms with Crippen LogP contribution >= 0.6 is 15.9 Å². The first-order chi connectivity index (χ1) is 8.15. The molecule has 0 spiro atoms. The summed E-state index contributed by atoms with van der Waals surface area (Å²) < 4.78 is 0.719. The van der Waals surface area contributed by atoms with Crippen LogP contribution in [-0.4, -0.2) is 25.5 Å². The summed E-state index contributed by atoms with van der Waals surface area (Å²) in [7, 11) is 0. The van der Waals surface area contributed by atoms with Crippen LogP contribution in [0.3, 0.4) is 0 Å². The van der Waals surface area contributed by atoms with Crippen LogP contribution in [0, 0.1) is 0 Å². The number of benzene rings is 1. The van der Waals surface area contributed by atoms with E-state index < -0.39 is 5.91 Å². The highest BCUT2D eigenvalue weighted by Gasteiger charge is 2.05. The van der Waals surface area contributed by atoms with Crippen LogP contribution < -0.4 is 16.4 Å². The van der Waals surface area contributed by atoms with E-state index >= 15 is 0 Å². The molecule has 0 aromatic heterocycles. The van der Waals surface area contributed by atoms with Gasteiger partial charge in [-0.15, -0.1) is 0 Å². The van der Waals surface area contributed by atoms with Gasteiger partial charge in [-0.1, -0.05) is 6.92 Å². The molecular weight excluding hydrogens is 282 g/mol. The zero-order valence-electron chi connectivity index (χ0n) is 9.92. The van der Waals surface area contributed by atoms with Crippen molar-refractivity contribution in [3.63, 3.8) is 0 Å². The van der Waals surface area contributed by atoms with Crippen molar-refractivity contribution in [3.05, 3.63) is 28.2 Å². The molecule has 0 unspecified atom stereocenters. The molecule has 0 aliphatic carbocycles. The number of hydrogen-bond acceptors (Lipinski definition) is 3. The predicted molar refractivity (Wildman–Crippen MR) is 74.3 cm³/mol. The van der Waals surface area contributed by atoms with E-state index in [2.05, 4.69) is 33.5 Å². The highest BCUT2D eigenvalue weighted by atomic mass is 79.9. The summed E-state index contributed by atoms with van der Waals surface area (Å²) in [5.41, 5.74) is 6.69. The number of hydrogen-bond donors (Lipinski definition) is 3. The standard InChI is InChI=1S/C12H18BrN3O/c1-2-5-15-6-7-16-9-3-4-10(12(14)17)11(13)8-9/h3-4,8,15-16H,2,5-7H2,1H3,(H2,14,17). The van der Waals surface area contributed by atoms with Crippen LogP contribution in [-0.2, 0) is 0 Å². The highest BCUT2D eigenvalue weighted by Crippen LogP contribution is 2.20. The molecular formula is C12H18BrN3O. The molecule has 17 heavy (non-hydrogen) atoms. The number of halogens is 1. The number of carbonyl (C=O) groups is 1. The lowest BCUT2D eigenvalue weighted by molar-refractivity contribution is 0.0999. The van der Waals surface area contributed by atoms with Gasteiger partial charge < -0.3 is 16.4 Å². The molecule has 0 saturated heterocycles. The molecule has 4 nitrogen and oxygen atoms in total. The number of carbonyl (C=O) groups excluding carboxylic acids is 1. The highest BCUT2D eigenvalue weighted by molar-refractivity contribution is 9.10. The Balaban J connectivity index is 2.45. The summed E-state index contributed by atoms with van der Waals surface area (Å²) in [4.78, 5) is 11.0. The van der Waals surface area contributed by atoms with Crippen LogP contribution in [0.25, 0.3) is 0 Å². The molecule has 0 aliphatic heterocycles. The Labute approximate surface area is 110 Å². The quantitative estimate of drug-likeness (QED) is 0.674. The van der Waals surface area contributed by atoms with Crippen LogP contribution in [0.15, 0.2) is 22.7 Å². The van der Waals surface area contributed by atoms with Gasteiger partial charge in [0.15, 0.2) is 0 Å². The van der Waals surface area contributed by atoms with E-state index in [1.807, 2.05) is 12.1 Å². The molecule has 0 saturated carbocycles. The Morgan fingerprint density at radius 2 is 2.12 bits per heavy atom. The van der Waals surface area contributed by atoms with Gasteiger partial charge in [-0.2, -0.15) is 0 Å². The third-order valence-electron chi connectivity index (χ3n) is 2.29. The Morgan fingerprint density at radius 3 is 2.71 bits per heavy atom. The van der Waals surface area contributed by atoms with Gasteiger partial charge in [0.1, 0.15) is 0 Å². The summed E-state index contributed by atoms with van der Waals surface area (Å²) in [6, 6.07) is 5.43. The lowest BCUT2D eigenvalue weighted by atomic mass is 10.2. The number of amides is 1. The van der Waals surface area contributed by atoms with Gasteiger partial charge in [0.25, 0.3) is 0 Å². The first kappa shape index (κ1) is 14.0. The maximum absolute atomic E-state index is 11.0. The summed E-state index contributed by atoms with van der Waals surface area (Å²) in [6.07, 6.45) is 1.14. The summed E-state index contributed by atoms with van der Waals surface area (Å²) in [6.45, 7) is 4.94. The molecule has 4 N–H and O–H groups in total. The minimum atomic E-state index is -0.423. The van der Waals surface area contributed by atoms with E-state index in [0.29, 0.717) is 5.56 Å². The number of nitrogens with two attached hydrogens (primary N) is 1. The third kappa shape index (κ3) is 4.75. The molecule has 1 rings (SSSR count). The number of rotatable bonds is 7. The first-order valence-corrected chi connectivity index (χ1v) is 6.48. The fourth-order valence-electron chi connectivity index (χ4n) is 1.42. The Hall–Kier alpha value is -1.07. The second-order valence-electron chi connectivity index (χ2n) is 3.74. The van der Waals surface area contributed by atoms with E-state index in [9.17, 15) is 4.79 Å². The van der Waals surface area contributed by atoms with E-state index in [1.165, 1.54) is 0 Å². The van der Waals surface area contributed by atoms with E-state index in [4.69, 9.17) is 5.73 Å². The SMILES string of the molecule is CCCNCCNc1ccc(C(N)=O)c(Br)c1. The molecule has 1 aromatic carbocycles. The topological polar surface area (TPSA) is 67.2 Å². The molecule has 0 heterocycles. The maximum atomic E-state index is 11.0. The van der Waals surface area contributed by atoms with Gasteiger partial charge in [-0.05, 0) is 47.1 Å². The second-order valence-corrected chi connectivity index (χ2v) is 4.59. The molecule has 0 aliphatic rings. The number of nitrogens with one attached hydrogen (secondary N) is 2. The zero-order chi connectivity index (χ0) is 12.7. The minimum Gasteiger partial charge on any atom is -0.384 e. The normalized spacial score (nSPS) is 10.2. The molecule has 1 aromatic rings. The van der Waals surface area contributed by atoms with E-state index in [0.717, 1.165) is 36.2 Å². The monoisotopic (exact) mass is 299 g/mol. The van der Waals surface area contributed by atoms with Gasteiger partial charge in [0.05, 0.1) is 5.56 Å². The van der Waals surface area contributed by atoms with Crippen LogP contribution in [0.2, 0.25) is 0 Å². The molecule has 0 atom stereocenters. The van der Waals surface area contributed by atoms with Crippen LogP contribution in [0.4, 0.5) is 5.69 Å². The molecule has 1 amide bonds. The largest absolute Gasteiger partial charge is 0.384 e. The van der Waals surface area contributed by atoms with Crippen molar-refractivity contribution in [2.75, 3.05) is 25.0 Å². The van der Waals surface area contributed by atoms with Crippen molar-refractivity contribution in [3.8, 4) is 0 Å². The van der Waals surface area contributed by atoms with Crippen molar-refractivity contribution in [1.29, 1.82) is 0 Å². The Bertz CT molecular complexity index is 382. The van der Waals surface area contributed by atoms with Crippen molar-refractivity contribution in [2.45, 2.75) is 13.3 Å². The van der Waals surface area contributed by atoms with Gasteiger partial charge in [-0.3, -0.25) is 4.79 Å². The maximum Gasteiger partial charge on any atom is 0.249 e. The fourth-order valence-corrected chi connectivity index (χ4v) is 2.00.